The van der Waals surface area contributed by atoms with E-state index in [1.165, 1.54) is 0 Å². The van der Waals surface area contributed by atoms with Crippen LogP contribution in [0.25, 0.3) is 0 Å². The van der Waals surface area contributed by atoms with Crippen molar-refractivity contribution >= 4 is 0 Å². The predicted molar refractivity (Wildman–Crippen MR) is 117 cm³/mol. The minimum absolute atomic E-state index is 0.0660. The van der Waals surface area contributed by atoms with Crippen LogP contribution in [0.3, 0.4) is 0 Å². The first-order valence-corrected chi connectivity index (χ1v) is 9.75. The van der Waals surface area contributed by atoms with Crippen molar-refractivity contribution in [1.82, 2.24) is 0 Å². The Balaban J connectivity index is 1.95. The highest BCUT2D eigenvalue weighted by atomic mass is 16.5. The average Bonchev–Trinajstić information content (AvgIpc) is 2.80. The third-order valence-electron chi connectivity index (χ3n) is 4.38. The third kappa shape index (κ3) is 6.66. The molecule has 0 aliphatic carbocycles. The highest BCUT2D eigenvalue weighted by Crippen LogP contribution is 2.20. The fourth-order valence-corrected chi connectivity index (χ4v) is 2.80. The summed E-state index contributed by atoms with van der Waals surface area (Å²) >= 11 is 0. The van der Waals surface area contributed by atoms with Crippen LogP contribution in [0.15, 0.2) is 91.0 Å². The zero-order chi connectivity index (χ0) is 20.2. The second-order valence-corrected chi connectivity index (χ2v) is 6.66. The van der Waals surface area contributed by atoms with Crippen molar-refractivity contribution in [2.45, 2.75) is 25.0 Å². The van der Waals surface area contributed by atoms with Crippen LogP contribution in [0.2, 0.25) is 0 Å². The molecule has 3 aromatic carbocycles. The number of hydrogen-bond acceptors (Lipinski definition) is 2. The zero-order valence-corrected chi connectivity index (χ0v) is 16.3. The number of aliphatic hydroxyl groups excluding tert-OH is 1. The average molecular weight is 380 g/mol. The molecule has 0 bridgehead atoms. The van der Waals surface area contributed by atoms with Crippen LogP contribution >= 0.6 is 0 Å². The van der Waals surface area contributed by atoms with Crippen LogP contribution in [-0.4, -0.2) is 17.3 Å². The van der Waals surface area contributed by atoms with E-state index in [4.69, 9.17) is 4.74 Å². The molecule has 0 atom stereocenters. The molecule has 1 N–H and O–H groups in total. The number of benzene rings is 3. The smallest absolute Gasteiger partial charge is 0.191 e. The second kappa shape index (κ2) is 10.9. The quantitative estimate of drug-likeness (QED) is 0.622. The van der Waals surface area contributed by atoms with Gasteiger partial charge in [0.2, 0.25) is 0 Å². The van der Waals surface area contributed by atoms with Gasteiger partial charge in [-0.15, -0.1) is 0 Å². The van der Waals surface area contributed by atoms with Gasteiger partial charge in [-0.05, 0) is 48.1 Å². The zero-order valence-electron chi connectivity index (χ0n) is 16.3. The second-order valence-electron chi connectivity index (χ2n) is 6.66. The van der Waals surface area contributed by atoms with Crippen LogP contribution in [0.5, 0.6) is 0 Å². The van der Waals surface area contributed by atoms with E-state index < -0.39 is 5.60 Å². The van der Waals surface area contributed by atoms with Gasteiger partial charge in [-0.1, -0.05) is 78.6 Å². The Morgan fingerprint density at radius 2 is 1.17 bits per heavy atom. The number of aliphatic hydroxyl groups is 1. The molecule has 3 aromatic rings. The topological polar surface area (TPSA) is 29.5 Å². The molecule has 2 nitrogen and oxygen atoms in total. The van der Waals surface area contributed by atoms with Crippen molar-refractivity contribution in [3.8, 4) is 23.7 Å². The molecule has 3 rings (SSSR count). The summed E-state index contributed by atoms with van der Waals surface area (Å²) in [6.07, 6.45) is 1.08. The number of hydrogen-bond donors (Lipinski definition) is 1. The molecular weight excluding hydrogens is 356 g/mol. The van der Waals surface area contributed by atoms with E-state index in [2.05, 4.69) is 23.7 Å². The predicted octanol–water partition coefficient (Wildman–Crippen LogP) is 4.82. The molecule has 0 heterocycles. The summed E-state index contributed by atoms with van der Waals surface area (Å²) in [5.74, 6) is 13.0. The van der Waals surface area contributed by atoms with E-state index in [0.29, 0.717) is 19.4 Å². The minimum atomic E-state index is -0.968. The molecule has 0 radical (unpaired) electrons. The molecule has 0 aliphatic heterocycles. The lowest BCUT2D eigenvalue weighted by Gasteiger charge is -2.23. The van der Waals surface area contributed by atoms with Crippen molar-refractivity contribution in [3.05, 3.63) is 108 Å². The van der Waals surface area contributed by atoms with Crippen LogP contribution in [0, 0.1) is 23.7 Å². The van der Waals surface area contributed by atoms with Gasteiger partial charge in [0.05, 0.1) is 6.61 Å². The van der Waals surface area contributed by atoms with Gasteiger partial charge in [0.15, 0.2) is 5.60 Å². The Kier molecular flexibility index (Phi) is 7.67. The Morgan fingerprint density at radius 3 is 1.66 bits per heavy atom. The van der Waals surface area contributed by atoms with Crippen LogP contribution in [0.4, 0.5) is 0 Å². The van der Waals surface area contributed by atoms with Gasteiger partial charge in [-0.3, -0.25) is 0 Å². The van der Waals surface area contributed by atoms with Crippen LogP contribution in [-0.2, 0) is 11.3 Å². The Labute approximate surface area is 173 Å². The molecule has 144 valence electrons. The number of rotatable bonds is 6. The highest BCUT2D eigenvalue weighted by Gasteiger charge is 2.26. The van der Waals surface area contributed by atoms with Crippen molar-refractivity contribution < 1.29 is 9.84 Å². The first-order valence-electron chi connectivity index (χ1n) is 9.75. The molecule has 0 saturated heterocycles. The molecular formula is C27H24O2. The molecule has 2 heteroatoms. The summed E-state index contributed by atoms with van der Waals surface area (Å²) in [7, 11) is 0. The molecule has 0 amide bonds. The molecule has 0 saturated carbocycles. The molecule has 29 heavy (non-hydrogen) atoms. The Morgan fingerprint density at radius 1 is 0.690 bits per heavy atom. The lowest BCUT2D eigenvalue weighted by molar-refractivity contribution is 0.0191. The molecule has 0 fully saturated rings. The minimum Gasteiger partial charge on any atom is -0.396 e. The summed E-state index contributed by atoms with van der Waals surface area (Å²) in [6, 6.07) is 29.6. The van der Waals surface area contributed by atoms with Gasteiger partial charge < -0.3 is 9.84 Å². The first-order chi connectivity index (χ1) is 14.3. The van der Waals surface area contributed by atoms with E-state index in [0.717, 1.165) is 16.7 Å². The normalized spacial score (nSPS) is 10.4. The molecule has 0 spiro atoms. The Bertz CT molecular complexity index is 930. The van der Waals surface area contributed by atoms with E-state index >= 15 is 0 Å². The fourth-order valence-electron chi connectivity index (χ4n) is 2.80. The van der Waals surface area contributed by atoms with Gasteiger partial charge in [0.25, 0.3) is 0 Å². The monoisotopic (exact) mass is 380 g/mol. The summed E-state index contributed by atoms with van der Waals surface area (Å²) < 4.78 is 6.30. The van der Waals surface area contributed by atoms with Crippen LogP contribution < -0.4 is 0 Å². The first kappa shape index (κ1) is 20.4. The van der Waals surface area contributed by atoms with Crippen molar-refractivity contribution in [2.75, 3.05) is 6.61 Å². The van der Waals surface area contributed by atoms with E-state index in [1.54, 1.807) is 0 Å². The fraction of sp³-hybridized carbons (Fsp3) is 0.185. The summed E-state index contributed by atoms with van der Waals surface area (Å²) in [6.45, 7) is 0.468. The van der Waals surface area contributed by atoms with E-state index in [9.17, 15) is 5.11 Å². The van der Waals surface area contributed by atoms with Crippen LogP contribution in [0.1, 0.15) is 29.5 Å². The van der Waals surface area contributed by atoms with Crippen molar-refractivity contribution in [2.24, 2.45) is 0 Å². The number of ether oxygens (including phenoxy) is 1. The SMILES string of the molecule is OCCCC(C#Cc1ccccc1)(C#Cc1ccccc1)OCc1ccccc1. The summed E-state index contributed by atoms with van der Waals surface area (Å²) in [5.41, 5.74) is 1.91. The van der Waals surface area contributed by atoms with Gasteiger partial charge >= 0.3 is 0 Å². The van der Waals surface area contributed by atoms with Crippen molar-refractivity contribution in [3.63, 3.8) is 0 Å². The maximum atomic E-state index is 9.43. The van der Waals surface area contributed by atoms with E-state index in [1.807, 2.05) is 91.0 Å². The lowest BCUT2D eigenvalue weighted by atomic mass is 9.97. The Hall–Kier alpha value is -3.30. The van der Waals surface area contributed by atoms with E-state index in [-0.39, 0.29) is 6.61 Å². The van der Waals surface area contributed by atoms with Gasteiger partial charge in [0.1, 0.15) is 0 Å². The lowest BCUT2D eigenvalue weighted by Crippen LogP contribution is -2.29. The van der Waals surface area contributed by atoms with Gasteiger partial charge in [-0.2, -0.15) is 0 Å². The largest absolute Gasteiger partial charge is 0.396 e. The highest BCUT2D eigenvalue weighted by molar-refractivity contribution is 5.43. The van der Waals surface area contributed by atoms with Gasteiger partial charge in [-0.25, -0.2) is 0 Å². The summed E-state index contributed by atoms with van der Waals surface area (Å²) in [5, 5.41) is 9.43. The summed E-state index contributed by atoms with van der Waals surface area (Å²) in [4.78, 5) is 0. The third-order valence-corrected chi connectivity index (χ3v) is 4.38. The maximum absolute atomic E-state index is 9.43. The van der Waals surface area contributed by atoms with Gasteiger partial charge in [0, 0.05) is 24.2 Å². The van der Waals surface area contributed by atoms with Crippen molar-refractivity contribution in [1.29, 1.82) is 0 Å². The molecule has 0 aliphatic rings. The maximum Gasteiger partial charge on any atom is 0.191 e. The molecule has 0 aromatic heterocycles. The standard InChI is InChI=1S/C27H24O2/c28-22-10-19-27(20-17-24-11-4-1-5-12-24,21-18-25-13-6-2-7-14-25)29-23-26-15-8-3-9-16-26/h1-9,11-16,28H,10,19,22-23H2. The molecule has 0 unspecified atom stereocenters.